The first kappa shape index (κ1) is 18.1. The van der Waals surface area contributed by atoms with E-state index in [-0.39, 0.29) is 24.1 Å². The zero-order valence-corrected chi connectivity index (χ0v) is 15.0. The fourth-order valence-electron chi connectivity index (χ4n) is 2.46. The number of nitrogens with zero attached hydrogens (tertiary/aromatic N) is 2. The summed E-state index contributed by atoms with van der Waals surface area (Å²) in [7, 11) is 1.62. The van der Waals surface area contributed by atoms with E-state index in [1.807, 2.05) is 30.3 Å². The van der Waals surface area contributed by atoms with E-state index in [9.17, 15) is 14.0 Å². The lowest BCUT2D eigenvalue weighted by atomic mass is 10.2. The maximum atomic E-state index is 13.0. The highest BCUT2D eigenvalue weighted by atomic mass is 32.2. The van der Waals surface area contributed by atoms with Crippen molar-refractivity contribution in [3.05, 3.63) is 66.0 Å². The van der Waals surface area contributed by atoms with Gasteiger partial charge in [-0.05, 0) is 29.8 Å². The van der Waals surface area contributed by atoms with E-state index in [4.69, 9.17) is 0 Å². The zero-order valence-electron chi connectivity index (χ0n) is 14.2. The molecule has 0 unspecified atom stereocenters. The van der Waals surface area contributed by atoms with Crippen molar-refractivity contribution in [1.29, 1.82) is 0 Å². The maximum absolute atomic E-state index is 13.0. The van der Waals surface area contributed by atoms with Gasteiger partial charge >= 0.3 is 0 Å². The summed E-state index contributed by atoms with van der Waals surface area (Å²) in [6.45, 7) is 0.428. The molecule has 0 aliphatic carbocycles. The molecule has 1 aliphatic heterocycles. The normalized spacial score (nSPS) is 18.4. The molecule has 1 heterocycles. The third-order valence-corrected chi connectivity index (χ3v) is 5.12. The van der Waals surface area contributed by atoms with E-state index in [0.717, 1.165) is 5.56 Å². The van der Waals surface area contributed by atoms with Gasteiger partial charge in [-0.15, -0.1) is 0 Å². The quantitative estimate of drug-likeness (QED) is 0.879. The number of aliphatic imine (C=N–C) groups is 1. The van der Waals surface area contributed by atoms with Gasteiger partial charge in [0.1, 0.15) is 11.1 Å². The van der Waals surface area contributed by atoms with Crippen LogP contribution < -0.4 is 5.32 Å². The Bertz CT molecular complexity index is 824. The van der Waals surface area contributed by atoms with Gasteiger partial charge < -0.3 is 5.32 Å². The second-order valence-electron chi connectivity index (χ2n) is 5.84. The summed E-state index contributed by atoms with van der Waals surface area (Å²) in [6, 6.07) is 15.3. The Kier molecular flexibility index (Phi) is 5.68. The van der Waals surface area contributed by atoms with Crippen LogP contribution in [0.4, 0.5) is 10.1 Å². The number of carbonyl (C=O) groups excluding carboxylic acids is 2. The molecule has 1 N–H and O–H groups in total. The van der Waals surface area contributed by atoms with Crippen LogP contribution in [0.2, 0.25) is 0 Å². The van der Waals surface area contributed by atoms with Crippen molar-refractivity contribution in [3.63, 3.8) is 0 Å². The zero-order chi connectivity index (χ0) is 18.5. The lowest BCUT2D eigenvalue weighted by Gasteiger charge is -2.09. The van der Waals surface area contributed by atoms with Gasteiger partial charge in [-0.2, -0.15) is 0 Å². The largest absolute Gasteiger partial charge is 0.352 e. The predicted molar refractivity (Wildman–Crippen MR) is 101 cm³/mol. The minimum Gasteiger partial charge on any atom is -0.352 e. The van der Waals surface area contributed by atoms with Gasteiger partial charge in [0.2, 0.25) is 11.8 Å². The third kappa shape index (κ3) is 4.49. The fourth-order valence-corrected chi connectivity index (χ4v) is 3.61. The van der Waals surface area contributed by atoms with Crippen LogP contribution in [0.15, 0.2) is 59.6 Å². The maximum Gasteiger partial charge on any atom is 0.242 e. The summed E-state index contributed by atoms with van der Waals surface area (Å²) >= 11 is 1.25. The van der Waals surface area contributed by atoms with Crippen molar-refractivity contribution in [3.8, 4) is 0 Å². The van der Waals surface area contributed by atoms with Crippen LogP contribution in [0.5, 0.6) is 0 Å². The molecule has 2 amide bonds. The summed E-state index contributed by atoms with van der Waals surface area (Å²) in [5.74, 6) is -0.688. The van der Waals surface area contributed by atoms with Crippen LogP contribution in [-0.2, 0) is 16.1 Å². The molecule has 0 bridgehead atoms. The number of benzene rings is 2. The van der Waals surface area contributed by atoms with Crippen LogP contribution in [-0.4, -0.2) is 34.2 Å². The molecule has 0 spiro atoms. The average Bonchev–Trinajstić information content (AvgIpc) is 2.91. The first-order valence-electron chi connectivity index (χ1n) is 8.12. The lowest BCUT2D eigenvalue weighted by Crippen LogP contribution is -2.32. The summed E-state index contributed by atoms with van der Waals surface area (Å²) in [5.41, 5.74) is 1.56. The molecule has 5 nitrogen and oxygen atoms in total. The van der Waals surface area contributed by atoms with E-state index < -0.39 is 5.25 Å². The third-order valence-electron chi connectivity index (χ3n) is 3.90. The molecule has 2 aromatic carbocycles. The number of amides is 2. The molecule has 134 valence electrons. The highest BCUT2D eigenvalue weighted by Gasteiger charge is 2.36. The van der Waals surface area contributed by atoms with Gasteiger partial charge in [0.15, 0.2) is 5.17 Å². The van der Waals surface area contributed by atoms with Crippen molar-refractivity contribution in [2.24, 2.45) is 4.99 Å². The van der Waals surface area contributed by atoms with Gasteiger partial charge in [0, 0.05) is 20.0 Å². The predicted octanol–water partition coefficient (Wildman–Crippen LogP) is 3.09. The first-order chi connectivity index (χ1) is 12.5. The molecular formula is C19H18FN3O2S. The van der Waals surface area contributed by atoms with Gasteiger partial charge in [-0.1, -0.05) is 42.1 Å². The number of hydrogen-bond acceptors (Lipinski definition) is 4. The van der Waals surface area contributed by atoms with E-state index >= 15 is 0 Å². The number of carbonyl (C=O) groups is 2. The number of thioether (sulfide) groups is 1. The summed E-state index contributed by atoms with van der Waals surface area (Å²) in [6.07, 6.45) is 0.0864. The van der Waals surface area contributed by atoms with Crippen LogP contribution in [0.3, 0.4) is 0 Å². The Balaban J connectivity index is 1.59. The number of rotatable bonds is 5. The van der Waals surface area contributed by atoms with E-state index in [1.54, 1.807) is 19.2 Å². The standard InChI is InChI=1S/C19H18FN3O2S/c1-23-18(25)16(11-17(24)21-12-13-5-3-2-4-6-13)26-19(23)22-15-9-7-14(20)8-10-15/h2-10,16H,11-12H2,1H3,(H,21,24)/t16-/m1/s1. The van der Waals surface area contributed by atoms with Crippen molar-refractivity contribution >= 4 is 34.4 Å². The number of nitrogens with one attached hydrogen (secondary N) is 1. The SMILES string of the molecule is CN1C(=O)[C@@H](CC(=O)NCc2ccccc2)SC1=Nc1ccc(F)cc1. The average molecular weight is 371 g/mol. The second kappa shape index (κ2) is 8.14. The smallest absolute Gasteiger partial charge is 0.242 e. The summed E-state index contributed by atoms with van der Waals surface area (Å²) in [5, 5.41) is 2.83. The molecular weight excluding hydrogens is 353 g/mol. The Labute approximate surface area is 155 Å². The molecule has 2 aromatic rings. The molecule has 0 aromatic heterocycles. The van der Waals surface area contributed by atoms with E-state index in [0.29, 0.717) is 17.4 Å². The Morgan fingerprint density at radius 2 is 1.88 bits per heavy atom. The fraction of sp³-hybridized carbons (Fsp3) is 0.211. The number of hydrogen-bond donors (Lipinski definition) is 1. The van der Waals surface area contributed by atoms with Crippen molar-refractivity contribution in [1.82, 2.24) is 10.2 Å². The molecule has 0 saturated carbocycles. The van der Waals surface area contributed by atoms with Crippen molar-refractivity contribution in [2.75, 3.05) is 7.05 Å². The van der Waals surface area contributed by atoms with Crippen LogP contribution in [0.25, 0.3) is 0 Å². The topological polar surface area (TPSA) is 61.8 Å². The highest BCUT2D eigenvalue weighted by Crippen LogP contribution is 2.30. The molecule has 7 heteroatoms. The van der Waals surface area contributed by atoms with Gasteiger partial charge in [0.25, 0.3) is 0 Å². The molecule has 1 saturated heterocycles. The van der Waals surface area contributed by atoms with Crippen LogP contribution >= 0.6 is 11.8 Å². The molecule has 1 aliphatic rings. The molecule has 0 radical (unpaired) electrons. The van der Waals surface area contributed by atoms with Crippen molar-refractivity contribution in [2.45, 2.75) is 18.2 Å². The number of halogens is 1. The number of amidine groups is 1. The molecule has 26 heavy (non-hydrogen) atoms. The minimum absolute atomic E-state index is 0.0864. The van der Waals surface area contributed by atoms with Gasteiger partial charge in [0.05, 0.1) is 5.69 Å². The van der Waals surface area contributed by atoms with Crippen LogP contribution in [0, 0.1) is 5.82 Å². The van der Waals surface area contributed by atoms with Gasteiger partial charge in [-0.25, -0.2) is 9.38 Å². The highest BCUT2D eigenvalue weighted by molar-refractivity contribution is 8.15. The molecule has 1 fully saturated rings. The molecule has 3 rings (SSSR count). The lowest BCUT2D eigenvalue weighted by molar-refractivity contribution is -0.128. The minimum atomic E-state index is -0.505. The Morgan fingerprint density at radius 1 is 1.19 bits per heavy atom. The van der Waals surface area contributed by atoms with Gasteiger partial charge in [-0.3, -0.25) is 14.5 Å². The van der Waals surface area contributed by atoms with Crippen molar-refractivity contribution < 1.29 is 14.0 Å². The van der Waals surface area contributed by atoms with Crippen LogP contribution in [0.1, 0.15) is 12.0 Å². The first-order valence-corrected chi connectivity index (χ1v) is 9.00. The summed E-state index contributed by atoms with van der Waals surface area (Å²) in [4.78, 5) is 30.3. The van der Waals surface area contributed by atoms with E-state index in [1.165, 1.54) is 28.8 Å². The monoisotopic (exact) mass is 371 g/mol. The van der Waals surface area contributed by atoms with E-state index in [2.05, 4.69) is 10.3 Å². The molecule has 1 atom stereocenters. The Hall–Kier alpha value is -2.67. The Morgan fingerprint density at radius 3 is 2.58 bits per heavy atom. The second-order valence-corrected chi connectivity index (χ2v) is 7.01. The summed E-state index contributed by atoms with van der Waals surface area (Å²) < 4.78 is 13.0.